The molecular weight excluding hydrogens is 264 g/mol. The van der Waals surface area contributed by atoms with E-state index in [1.807, 2.05) is 0 Å². The van der Waals surface area contributed by atoms with Crippen LogP contribution < -0.4 is 7.74 Å². The van der Waals surface area contributed by atoms with Crippen LogP contribution in [-0.4, -0.2) is 0 Å². The Morgan fingerprint density at radius 3 is 1.74 bits per heavy atom. The summed E-state index contributed by atoms with van der Waals surface area (Å²) in [6.45, 7) is 0. The summed E-state index contributed by atoms with van der Waals surface area (Å²) < 4.78 is 4.74. The van der Waals surface area contributed by atoms with Gasteiger partial charge in [0, 0.05) is 0 Å². The molecule has 0 aliphatic heterocycles. The molecule has 0 bridgehead atoms. The fourth-order valence-electron chi connectivity index (χ4n) is 2.90. The molecule has 0 saturated carbocycles. The molecule has 0 nitrogen and oxygen atoms in total. The van der Waals surface area contributed by atoms with E-state index in [9.17, 15) is 0 Å². The van der Waals surface area contributed by atoms with Gasteiger partial charge in [-0.3, -0.25) is 0 Å². The van der Waals surface area contributed by atoms with E-state index in [1.165, 1.54) is 0 Å². The third-order valence-electron chi connectivity index (χ3n) is 4.12. The number of hydrogen-bond acceptors (Lipinski definition) is 0. The molecule has 1 aliphatic rings. The fourth-order valence-corrected chi connectivity index (χ4v) is 8.75. The van der Waals surface area contributed by atoms with Crippen molar-refractivity contribution in [2.75, 3.05) is 0 Å². The maximum absolute atomic E-state index is 2.52. The van der Waals surface area contributed by atoms with Crippen molar-refractivity contribution in [1.82, 2.24) is 0 Å². The van der Waals surface area contributed by atoms with E-state index >= 15 is 0 Å². The molecule has 0 fully saturated rings. The molecule has 0 saturated heterocycles. The minimum absolute atomic E-state index is 1.13. The average molecular weight is 282 g/mol. The van der Waals surface area contributed by atoms with E-state index in [4.69, 9.17) is 0 Å². The Hall–Kier alpha value is -1.37. The molecule has 0 amide bonds. The van der Waals surface area contributed by atoms with Gasteiger partial charge in [0.1, 0.15) is 0 Å². The molecule has 0 unspecified atom stereocenters. The van der Waals surface area contributed by atoms with E-state index in [1.54, 1.807) is 11.6 Å². The molecule has 0 radical (unpaired) electrons. The van der Waals surface area contributed by atoms with E-state index in [-0.39, 0.29) is 0 Å². The van der Waals surface area contributed by atoms with Gasteiger partial charge in [0.05, 0.1) is 0 Å². The molecule has 0 atom stereocenters. The molecule has 2 aromatic rings. The van der Waals surface area contributed by atoms with Crippen molar-refractivity contribution in [2.45, 2.75) is 11.6 Å². The van der Waals surface area contributed by atoms with Crippen LogP contribution in [0.3, 0.4) is 0 Å². The van der Waals surface area contributed by atoms with E-state index in [0.717, 1.165) is 6.42 Å². The normalized spacial score (nSPS) is 14.5. The maximum atomic E-state index is 2.52. The zero-order valence-electron chi connectivity index (χ0n) is 11.2. The summed E-state index contributed by atoms with van der Waals surface area (Å²) in [7, 11) is 0. The van der Waals surface area contributed by atoms with Gasteiger partial charge < -0.3 is 0 Å². The Morgan fingerprint density at radius 1 is 0.789 bits per heavy atom. The summed E-state index contributed by atoms with van der Waals surface area (Å²) in [4.78, 5) is 0. The monoisotopic (exact) mass is 282 g/mol. The van der Waals surface area contributed by atoms with Crippen molar-refractivity contribution in [1.29, 1.82) is 0 Å². The van der Waals surface area contributed by atoms with Gasteiger partial charge in [0.25, 0.3) is 0 Å². The van der Waals surface area contributed by atoms with Crippen LogP contribution in [-0.2, 0) is 16.6 Å². The second-order valence-corrected chi connectivity index (χ2v) is 11.5. The van der Waals surface area contributed by atoms with Crippen LogP contribution in [0.4, 0.5) is 0 Å². The predicted octanol–water partition coefficient (Wildman–Crippen LogP) is 3.68. The van der Waals surface area contributed by atoms with Crippen LogP contribution >= 0.6 is 0 Å². The molecule has 0 spiro atoms. The summed E-state index contributed by atoms with van der Waals surface area (Å²) in [5, 5.41) is 2.52. The van der Waals surface area contributed by atoms with Crippen molar-refractivity contribution in [3.05, 3.63) is 82.8 Å². The van der Waals surface area contributed by atoms with Crippen molar-refractivity contribution in [3.8, 4) is 0 Å². The summed E-state index contributed by atoms with van der Waals surface area (Å²) in [6.07, 6.45) is 7.97. The predicted molar refractivity (Wildman–Crippen MR) is 79.9 cm³/mol. The van der Waals surface area contributed by atoms with Crippen LogP contribution in [0.5, 0.6) is 0 Å². The van der Waals surface area contributed by atoms with Crippen LogP contribution in [0, 0.1) is 0 Å². The van der Waals surface area contributed by atoms with Gasteiger partial charge in [-0.25, -0.2) is 0 Å². The summed E-state index contributed by atoms with van der Waals surface area (Å²) in [5.41, 5.74) is 0. The second-order valence-electron chi connectivity index (χ2n) is 5.18. The average Bonchev–Trinajstić information content (AvgIpc) is 3.03. The van der Waals surface area contributed by atoms with Crippen molar-refractivity contribution >= 4 is 7.74 Å². The van der Waals surface area contributed by atoms with Gasteiger partial charge in [0.2, 0.25) is 0 Å². The van der Waals surface area contributed by atoms with Gasteiger partial charge in [-0.15, -0.1) is 0 Å². The minimum atomic E-state index is -2.38. The van der Waals surface area contributed by atoms with E-state index in [0.29, 0.717) is 0 Å². The fraction of sp³-hybridized carbons (Fsp3) is 0.111. The van der Waals surface area contributed by atoms with Crippen molar-refractivity contribution in [2.24, 2.45) is 0 Å². The van der Waals surface area contributed by atoms with Crippen molar-refractivity contribution < 1.29 is 16.6 Å². The second kappa shape index (κ2) is 5.32. The molecule has 2 aromatic carbocycles. The molecule has 3 rings (SSSR count). The Balaban J connectivity index is 2.17. The van der Waals surface area contributed by atoms with E-state index < -0.39 is 16.6 Å². The van der Waals surface area contributed by atoms with Gasteiger partial charge in [-0.2, -0.15) is 0 Å². The van der Waals surface area contributed by atoms with E-state index in [2.05, 4.69) is 84.1 Å². The number of rotatable bonds is 3. The molecular formula is C18H18Ti. The first-order valence-corrected chi connectivity index (χ1v) is 10.7. The Bertz CT molecular complexity index is 569. The first-order valence-electron chi connectivity index (χ1n) is 6.79. The number of benzene rings is 2. The molecule has 0 aromatic heterocycles. The van der Waals surface area contributed by atoms with Crippen molar-refractivity contribution in [3.63, 3.8) is 0 Å². The Kier molecular flexibility index (Phi) is 3.55. The third-order valence-corrected chi connectivity index (χ3v) is 11.3. The standard InChI is InChI=1S/2C6H5.C5H5.CH3.Ti/c2*1-2-4-6-5-3-1;1-2-4-5-3-1;;/h2*1-5H;1-3H,4H2;1H3;. The topological polar surface area (TPSA) is 0 Å². The zero-order valence-corrected chi connectivity index (χ0v) is 12.8. The SMILES string of the molecule is [CH3][Ti]([C]1=CC=CC1)([c]1ccccc1)[c]1ccccc1. The van der Waals surface area contributed by atoms with Crippen LogP contribution in [0.2, 0.25) is 5.23 Å². The van der Waals surface area contributed by atoms with Crippen LogP contribution in [0.15, 0.2) is 82.8 Å². The Morgan fingerprint density at radius 2 is 1.32 bits per heavy atom. The number of allylic oxidation sites excluding steroid dienone is 4. The molecule has 0 N–H and O–H groups in total. The van der Waals surface area contributed by atoms with Crippen LogP contribution in [0.1, 0.15) is 6.42 Å². The summed E-state index contributed by atoms with van der Waals surface area (Å²) in [5.74, 6) is 0. The van der Waals surface area contributed by atoms with Crippen LogP contribution in [0.25, 0.3) is 0 Å². The van der Waals surface area contributed by atoms with Gasteiger partial charge in [-0.1, -0.05) is 0 Å². The van der Waals surface area contributed by atoms with Gasteiger partial charge in [-0.05, 0) is 0 Å². The first-order chi connectivity index (χ1) is 9.32. The van der Waals surface area contributed by atoms with Gasteiger partial charge in [0.15, 0.2) is 0 Å². The first kappa shape index (κ1) is 12.7. The number of hydrogen-bond donors (Lipinski definition) is 0. The van der Waals surface area contributed by atoms with Gasteiger partial charge >= 0.3 is 119 Å². The summed E-state index contributed by atoms with van der Waals surface area (Å²) in [6, 6.07) is 22.2. The molecule has 1 heteroatoms. The quantitative estimate of drug-likeness (QED) is 0.753. The molecule has 94 valence electrons. The third kappa shape index (κ3) is 2.27. The zero-order chi connectivity index (χ0) is 13.1. The molecule has 19 heavy (non-hydrogen) atoms. The summed E-state index contributed by atoms with van der Waals surface area (Å²) >= 11 is -2.38. The molecule has 1 aliphatic carbocycles. The molecule has 0 heterocycles. The Labute approximate surface area is 118 Å².